The second kappa shape index (κ2) is 7.92. The summed E-state index contributed by atoms with van der Waals surface area (Å²) in [7, 11) is 0. The fourth-order valence-electron chi connectivity index (χ4n) is 5.88. The fraction of sp³-hybridized carbons (Fsp3) is 0.667. The minimum Gasteiger partial charge on any atom is -0.507 e. The topological polar surface area (TPSA) is 107 Å². The number of hydrogen-bond donors (Lipinski definition) is 1. The van der Waals surface area contributed by atoms with Crippen LogP contribution in [0.5, 0.6) is 0 Å². The van der Waals surface area contributed by atoms with E-state index in [0.717, 1.165) is 0 Å². The molecule has 0 bridgehead atoms. The van der Waals surface area contributed by atoms with Crippen LogP contribution in [0.15, 0.2) is 22.5 Å². The number of fused-ring (bicyclic) bond motifs is 2. The monoisotopic (exact) mass is 432 g/mol. The molecule has 0 amide bonds. The summed E-state index contributed by atoms with van der Waals surface area (Å²) in [5.74, 6) is -1.80. The number of esters is 2. The smallest absolute Gasteiger partial charge is 0.303 e. The van der Waals surface area contributed by atoms with Crippen LogP contribution in [0.25, 0.3) is 0 Å². The minimum absolute atomic E-state index is 0.000159. The molecule has 31 heavy (non-hydrogen) atoms. The molecule has 0 aromatic carbocycles. The van der Waals surface area contributed by atoms with E-state index in [-0.39, 0.29) is 48.6 Å². The molecule has 0 radical (unpaired) electrons. The van der Waals surface area contributed by atoms with Crippen LogP contribution in [-0.2, 0) is 28.7 Å². The van der Waals surface area contributed by atoms with Crippen LogP contribution in [0.3, 0.4) is 0 Å². The van der Waals surface area contributed by atoms with Gasteiger partial charge < -0.3 is 14.6 Å². The first kappa shape index (κ1) is 23.2. The van der Waals surface area contributed by atoms with E-state index in [4.69, 9.17) is 9.47 Å². The highest BCUT2D eigenvalue weighted by Gasteiger charge is 2.61. The molecule has 0 aromatic heterocycles. The van der Waals surface area contributed by atoms with Crippen LogP contribution in [-0.4, -0.2) is 41.3 Å². The Morgan fingerprint density at radius 3 is 2.35 bits per heavy atom. The van der Waals surface area contributed by atoms with E-state index < -0.39 is 28.9 Å². The molecule has 0 unspecified atom stereocenters. The zero-order chi connectivity index (χ0) is 23.3. The van der Waals surface area contributed by atoms with Gasteiger partial charge in [-0.3, -0.25) is 19.2 Å². The lowest BCUT2D eigenvalue weighted by atomic mass is 9.47. The SMILES string of the molecule is CC(=O)OC[C@]1(C)CCC(=O)[C@]2(C)C3=C(C(O)=C(C(C)C)C(=O)C3)[C@H](OC(C)=O)C[C@@H]12. The van der Waals surface area contributed by atoms with E-state index >= 15 is 0 Å². The number of ketones is 2. The van der Waals surface area contributed by atoms with Gasteiger partial charge in [0.1, 0.15) is 17.6 Å². The lowest BCUT2D eigenvalue weighted by molar-refractivity contribution is -0.158. The molecule has 1 N–H and O–H groups in total. The first-order valence-electron chi connectivity index (χ1n) is 10.9. The van der Waals surface area contributed by atoms with Crippen molar-refractivity contribution in [1.29, 1.82) is 0 Å². The molecular formula is C24H32O7. The summed E-state index contributed by atoms with van der Waals surface area (Å²) >= 11 is 0. The van der Waals surface area contributed by atoms with Gasteiger partial charge in [-0.1, -0.05) is 20.8 Å². The van der Waals surface area contributed by atoms with Crippen LogP contribution < -0.4 is 0 Å². The van der Waals surface area contributed by atoms with Crippen LogP contribution >= 0.6 is 0 Å². The average molecular weight is 433 g/mol. The normalized spacial score (nSPS) is 33.3. The standard InChI is InChI=1S/C24H32O7/c1-12(2)20-16(27)9-15-21(22(20)29)17(31-14(4)26)10-18-23(5,11-30-13(3)25)8-7-19(28)24(15,18)6/h12,17-18,29H,7-11H2,1-6H3/t17-,18+,23+,24-/m1/s1. The zero-order valence-electron chi connectivity index (χ0n) is 19.2. The highest BCUT2D eigenvalue weighted by Crippen LogP contribution is 2.61. The van der Waals surface area contributed by atoms with Crippen molar-refractivity contribution in [1.82, 2.24) is 0 Å². The summed E-state index contributed by atoms with van der Waals surface area (Å²) in [6, 6.07) is 0. The Morgan fingerprint density at radius 1 is 1.16 bits per heavy atom. The second-order valence-electron chi connectivity index (χ2n) is 9.86. The van der Waals surface area contributed by atoms with E-state index in [9.17, 15) is 24.3 Å². The summed E-state index contributed by atoms with van der Waals surface area (Å²) in [6.45, 7) is 10.2. The van der Waals surface area contributed by atoms with E-state index in [2.05, 4.69) is 0 Å². The van der Waals surface area contributed by atoms with Gasteiger partial charge in [0.25, 0.3) is 0 Å². The van der Waals surface area contributed by atoms with Gasteiger partial charge in [-0.15, -0.1) is 0 Å². The highest BCUT2D eigenvalue weighted by molar-refractivity contribution is 6.02. The molecule has 0 heterocycles. The first-order chi connectivity index (χ1) is 14.3. The lowest BCUT2D eigenvalue weighted by Gasteiger charge is -2.56. The zero-order valence-corrected chi connectivity index (χ0v) is 19.2. The molecule has 0 saturated heterocycles. The van der Waals surface area contributed by atoms with Crippen molar-refractivity contribution in [2.24, 2.45) is 22.7 Å². The molecule has 4 atom stereocenters. The number of aliphatic hydroxyl groups is 1. The predicted octanol–water partition coefficient (Wildman–Crippen LogP) is 3.61. The van der Waals surface area contributed by atoms with Gasteiger partial charge in [-0.25, -0.2) is 0 Å². The lowest BCUT2D eigenvalue weighted by Crippen LogP contribution is -2.57. The van der Waals surface area contributed by atoms with Crippen molar-refractivity contribution in [3.05, 3.63) is 22.5 Å². The number of hydrogen-bond acceptors (Lipinski definition) is 7. The van der Waals surface area contributed by atoms with E-state index in [1.807, 2.05) is 27.7 Å². The number of rotatable bonds is 4. The molecule has 1 saturated carbocycles. The summed E-state index contributed by atoms with van der Waals surface area (Å²) < 4.78 is 11.0. The van der Waals surface area contributed by atoms with Crippen LogP contribution in [0.1, 0.15) is 67.2 Å². The third-order valence-electron chi connectivity index (χ3n) is 7.40. The van der Waals surface area contributed by atoms with Gasteiger partial charge in [-0.2, -0.15) is 0 Å². The van der Waals surface area contributed by atoms with Gasteiger partial charge in [0.2, 0.25) is 0 Å². The van der Waals surface area contributed by atoms with Crippen molar-refractivity contribution in [2.75, 3.05) is 6.61 Å². The summed E-state index contributed by atoms with van der Waals surface area (Å²) in [6.07, 6.45) is 0.363. The summed E-state index contributed by atoms with van der Waals surface area (Å²) in [5, 5.41) is 11.1. The van der Waals surface area contributed by atoms with Crippen LogP contribution in [0.4, 0.5) is 0 Å². The second-order valence-corrected chi connectivity index (χ2v) is 9.86. The molecule has 0 aliphatic heterocycles. The number of ether oxygens (including phenoxy) is 2. The summed E-state index contributed by atoms with van der Waals surface area (Å²) in [5.41, 5.74) is -0.288. The maximum absolute atomic E-state index is 13.3. The van der Waals surface area contributed by atoms with Crippen molar-refractivity contribution in [3.8, 4) is 0 Å². The van der Waals surface area contributed by atoms with Gasteiger partial charge in [0.05, 0.1) is 12.0 Å². The number of carbonyl (C=O) groups is 4. The molecule has 0 aromatic rings. The van der Waals surface area contributed by atoms with E-state index in [0.29, 0.717) is 29.6 Å². The molecule has 170 valence electrons. The molecule has 7 nitrogen and oxygen atoms in total. The van der Waals surface area contributed by atoms with Gasteiger partial charge >= 0.3 is 11.9 Å². The van der Waals surface area contributed by atoms with Gasteiger partial charge in [-0.05, 0) is 37.2 Å². The summed E-state index contributed by atoms with van der Waals surface area (Å²) in [4.78, 5) is 49.7. The third-order valence-corrected chi connectivity index (χ3v) is 7.40. The van der Waals surface area contributed by atoms with Gasteiger partial charge in [0.15, 0.2) is 5.78 Å². The number of Topliss-reactive ketones (excluding diaryl/α,β-unsaturated/α-hetero) is 2. The Balaban J connectivity index is 2.22. The van der Waals surface area contributed by atoms with Crippen molar-refractivity contribution in [2.45, 2.75) is 73.3 Å². The molecule has 3 aliphatic carbocycles. The Morgan fingerprint density at radius 2 is 1.81 bits per heavy atom. The Bertz CT molecular complexity index is 909. The Kier molecular flexibility index (Phi) is 5.93. The quantitative estimate of drug-likeness (QED) is 0.676. The van der Waals surface area contributed by atoms with Crippen molar-refractivity contribution >= 4 is 23.5 Å². The molecular weight excluding hydrogens is 400 g/mol. The van der Waals surface area contributed by atoms with E-state index in [1.54, 1.807) is 0 Å². The number of carbonyl (C=O) groups excluding carboxylic acids is 4. The van der Waals surface area contributed by atoms with Crippen molar-refractivity contribution in [3.63, 3.8) is 0 Å². The van der Waals surface area contributed by atoms with Crippen molar-refractivity contribution < 1.29 is 33.8 Å². The fourth-order valence-corrected chi connectivity index (χ4v) is 5.88. The van der Waals surface area contributed by atoms with Crippen LogP contribution in [0, 0.1) is 22.7 Å². The number of aliphatic hydroxyl groups excluding tert-OH is 1. The molecule has 1 fully saturated rings. The first-order valence-corrected chi connectivity index (χ1v) is 10.9. The third kappa shape index (κ3) is 3.72. The van der Waals surface area contributed by atoms with Gasteiger partial charge in [0, 0.05) is 43.3 Å². The number of allylic oxidation sites excluding steroid dienone is 2. The highest BCUT2D eigenvalue weighted by atomic mass is 16.5. The van der Waals surface area contributed by atoms with Crippen LogP contribution in [0.2, 0.25) is 0 Å². The Hall–Kier alpha value is -2.44. The maximum Gasteiger partial charge on any atom is 0.303 e. The largest absolute Gasteiger partial charge is 0.507 e. The molecule has 0 spiro atoms. The predicted molar refractivity (Wildman–Crippen MR) is 112 cm³/mol. The maximum atomic E-state index is 13.3. The van der Waals surface area contributed by atoms with E-state index in [1.165, 1.54) is 13.8 Å². The Labute approximate surface area is 182 Å². The molecule has 7 heteroatoms. The average Bonchev–Trinajstić information content (AvgIpc) is 2.64. The minimum atomic E-state index is -1.01. The molecule has 3 aliphatic rings. The molecule has 3 rings (SSSR count).